The third kappa shape index (κ3) is 3.93. The molecule has 23 heavy (non-hydrogen) atoms. The van der Waals surface area contributed by atoms with E-state index in [2.05, 4.69) is 5.32 Å². The average molecular weight is 338 g/mol. The van der Waals surface area contributed by atoms with Crippen molar-refractivity contribution in [2.75, 3.05) is 13.1 Å². The van der Waals surface area contributed by atoms with Gasteiger partial charge in [-0.2, -0.15) is 4.31 Å². The van der Waals surface area contributed by atoms with E-state index in [0.29, 0.717) is 30.1 Å². The number of carbonyl (C=O) groups is 1. The van der Waals surface area contributed by atoms with Gasteiger partial charge < -0.3 is 5.32 Å². The van der Waals surface area contributed by atoms with Crippen LogP contribution in [0.1, 0.15) is 49.5 Å². The molecule has 0 aliphatic heterocycles. The Hall–Kier alpha value is -1.40. The number of nitrogens with one attached hydrogen (secondary N) is 1. The Balaban J connectivity index is 2.29. The van der Waals surface area contributed by atoms with E-state index in [-0.39, 0.29) is 16.8 Å². The van der Waals surface area contributed by atoms with E-state index in [9.17, 15) is 13.2 Å². The topological polar surface area (TPSA) is 66.5 Å². The van der Waals surface area contributed by atoms with Crippen LogP contribution in [-0.4, -0.2) is 37.8 Å². The van der Waals surface area contributed by atoms with E-state index in [4.69, 9.17) is 0 Å². The van der Waals surface area contributed by atoms with Gasteiger partial charge in [-0.05, 0) is 50.3 Å². The first-order valence-electron chi connectivity index (χ1n) is 8.22. The number of aryl methyl sites for hydroxylation is 1. The number of rotatable bonds is 7. The molecule has 0 heterocycles. The quantitative estimate of drug-likeness (QED) is 0.831. The molecule has 1 aliphatic rings. The molecule has 1 aliphatic carbocycles. The van der Waals surface area contributed by atoms with Gasteiger partial charge >= 0.3 is 0 Å². The van der Waals surface area contributed by atoms with E-state index >= 15 is 0 Å². The molecule has 0 bridgehead atoms. The predicted molar refractivity (Wildman–Crippen MR) is 90.9 cm³/mol. The maximum absolute atomic E-state index is 12.7. The summed E-state index contributed by atoms with van der Waals surface area (Å²) >= 11 is 0. The third-order valence-corrected chi connectivity index (χ3v) is 6.65. The maximum Gasteiger partial charge on any atom is 0.251 e. The van der Waals surface area contributed by atoms with E-state index in [1.54, 1.807) is 19.1 Å². The lowest BCUT2D eigenvalue weighted by Gasteiger charge is -2.20. The molecule has 0 aromatic heterocycles. The molecule has 1 saturated carbocycles. The molecule has 0 unspecified atom stereocenters. The first-order valence-corrected chi connectivity index (χ1v) is 9.66. The number of nitrogens with zero attached hydrogens (tertiary/aromatic N) is 1. The smallest absolute Gasteiger partial charge is 0.251 e. The van der Waals surface area contributed by atoms with E-state index in [1.165, 1.54) is 10.4 Å². The summed E-state index contributed by atoms with van der Waals surface area (Å²) in [4.78, 5) is 12.6. The molecule has 0 radical (unpaired) electrons. The fourth-order valence-electron chi connectivity index (χ4n) is 2.73. The van der Waals surface area contributed by atoms with Crippen molar-refractivity contribution in [3.63, 3.8) is 0 Å². The highest BCUT2D eigenvalue weighted by Gasteiger charge is 2.30. The molecule has 1 amide bonds. The number of hydrogen-bond acceptors (Lipinski definition) is 3. The lowest BCUT2D eigenvalue weighted by atomic mass is 10.1. The fraction of sp³-hybridized carbons (Fsp3) is 0.588. The molecule has 128 valence electrons. The molecule has 6 heteroatoms. The van der Waals surface area contributed by atoms with Crippen LogP contribution in [-0.2, 0) is 10.0 Å². The summed E-state index contributed by atoms with van der Waals surface area (Å²) in [7, 11) is -3.57. The van der Waals surface area contributed by atoms with Gasteiger partial charge in [0.05, 0.1) is 4.90 Å². The Morgan fingerprint density at radius 2 is 1.91 bits per heavy atom. The molecule has 2 rings (SSSR count). The van der Waals surface area contributed by atoms with Gasteiger partial charge in [0.15, 0.2) is 0 Å². The summed E-state index contributed by atoms with van der Waals surface area (Å²) < 4.78 is 26.9. The highest BCUT2D eigenvalue weighted by Crippen LogP contribution is 2.32. The number of sulfonamides is 1. The average Bonchev–Trinajstić information content (AvgIpc) is 3.32. The summed E-state index contributed by atoms with van der Waals surface area (Å²) in [5.41, 5.74) is 1.05. The number of hydrogen-bond donors (Lipinski definition) is 1. The summed E-state index contributed by atoms with van der Waals surface area (Å²) in [6.45, 7) is 8.19. The highest BCUT2D eigenvalue weighted by molar-refractivity contribution is 7.89. The van der Waals surface area contributed by atoms with Gasteiger partial charge in [-0.25, -0.2) is 8.42 Å². The molecule has 1 N–H and O–H groups in total. The van der Waals surface area contributed by atoms with E-state index < -0.39 is 10.0 Å². The largest absolute Gasteiger partial charge is 0.349 e. The van der Waals surface area contributed by atoms with Gasteiger partial charge in [-0.1, -0.05) is 19.9 Å². The Morgan fingerprint density at radius 1 is 1.30 bits per heavy atom. The van der Waals surface area contributed by atoms with Crippen LogP contribution in [0.3, 0.4) is 0 Å². The second-order valence-electron chi connectivity index (χ2n) is 6.17. The van der Waals surface area contributed by atoms with Crippen molar-refractivity contribution in [3.05, 3.63) is 29.3 Å². The lowest BCUT2D eigenvalue weighted by molar-refractivity contribution is 0.0935. The Bertz CT molecular complexity index is 677. The molecule has 1 aromatic rings. The molecular weight excluding hydrogens is 312 g/mol. The minimum atomic E-state index is -3.57. The number of benzene rings is 1. The van der Waals surface area contributed by atoms with Crippen molar-refractivity contribution in [2.45, 2.75) is 51.5 Å². The second-order valence-corrected chi connectivity index (χ2v) is 8.08. The molecule has 1 atom stereocenters. The minimum Gasteiger partial charge on any atom is -0.349 e. The van der Waals surface area contributed by atoms with Crippen molar-refractivity contribution >= 4 is 15.9 Å². The Kier molecular flexibility index (Phi) is 5.47. The number of amides is 1. The summed E-state index contributed by atoms with van der Waals surface area (Å²) in [6.07, 6.45) is 2.30. The van der Waals surface area contributed by atoms with Crippen molar-refractivity contribution < 1.29 is 13.2 Å². The molecule has 5 nitrogen and oxygen atoms in total. The lowest BCUT2D eigenvalue weighted by Crippen LogP contribution is -2.34. The molecule has 0 spiro atoms. The van der Waals surface area contributed by atoms with Crippen molar-refractivity contribution in [2.24, 2.45) is 5.92 Å². The highest BCUT2D eigenvalue weighted by atomic mass is 32.2. The fourth-order valence-corrected chi connectivity index (χ4v) is 4.43. The molecular formula is C17H26N2O3S. The van der Waals surface area contributed by atoms with Crippen LogP contribution in [0.25, 0.3) is 0 Å². The van der Waals surface area contributed by atoms with Crippen LogP contribution < -0.4 is 5.32 Å². The number of carbonyl (C=O) groups excluding carboxylic acids is 1. The molecule has 1 aromatic carbocycles. The Labute approximate surface area is 139 Å². The molecule has 0 saturated heterocycles. The van der Waals surface area contributed by atoms with Crippen LogP contribution in [0.4, 0.5) is 0 Å². The van der Waals surface area contributed by atoms with Crippen LogP contribution in [0.5, 0.6) is 0 Å². The first-order chi connectivity index (χ1) is 10.8. The minimum absolute atomic E-state index is 0.131. The summed E-state index contributed by atoms with van der Waals surface area (Å²) in [6, 6.07) is 5.02. The van der Waals surface area contributed by atoms with Gasteiger partial charge in [0, 0.05) is 24.7 Å². The van der Waals surface area contributed by atoms with Crippen LogP contribution in [0, 0.1) is 12.8 Å². The standard InChI is InChI=1S/C17H26N2O3S/c1-5-19(6-2)23(21,22)16-11-15(8-7-12(16)3)17(20)18-13(4)14-9-10-14/h7-8,11,13-14H,5-6,9-10H2,1-4H3,(H,18,20)/t13-/m0/s1. The van der Waals surface area contributed by atoms with Gasteiger partial charge in [0.1, 0.15) is 0 Å². The Morgan fingerprint density at radius 3 is 2.43 bits per heavy atom. The third-order valence-electron chi connectivity index (χ3n) is 4.46. The second kappa shape index (κ2) is 7.01. The maximum atomic E-state index is 12.7. The van der Waals surface area contributed by atoms with Crippen molar-refractivity contribution in [1.29, 1.82) is 0 Å². The first kappa shape index (κ1) is 17.9. The van der Waals surface area contributed by atoms with Gasteiger partial charge in [0.25, 0.3) is 5.91 Å². The van der Waals surface area contributed by atoms with Gasteiger partial charge in [-0.15, -0.1) is 0 Å². The normalized spacial score (nSPS) is 16.4. The zero-order valence-corrected chi connectivity index (χ0v) is 15.1. The van der Waals surface area contributed by atoms with E-state index in [1.807, 2.05) is 20.8 Å². The van der Waals surface area contributed by atoms with Crippen LogP contribution >= 0.6 is 0 Å². The molecule has 1 fully saturated rings. The summed E-state index contributed by atoms with van der Waals surface area (Å²) in [5, 5.41) is 2.97. The van der Waals surface area contributed by atoms with Crippen LogP contribution in [0.15, 0.2) is 23.1 Å². The van der Waals surface area contributed by atoms with Crippen molar-refractivity contribution in [1.82, 2.24) is 9.62 Å². The van der Waals surface area contributed by atoms with Crippen LogP contribution in [0.2, 0.25) is 0 Å². The van der Waals surface area contributed by atoms with Gasteiger partial charge in [-0.3, -0.25) is 4.79 Å². The zero-order chi connectivity index (χ0) is 17.2. The van der Waals surface area contributed by atoms with Crippen molar-refractivity contribution in [3.8, 4) is 0 Å². The van der Waals surface area contributed by atoms with E-state index in [0.717, 1.165) is 12.8 Å². The predicted octanol–water partition coefficient (Wildman–Crippen LogP) is 2.55. The van der Waals surface area contributed by atoms with Gasteiger partial charge in [0.2, 0.25) is 10.0 Å². The monoisotopic (exact) mass is 338 g/mol. The summed E-state index contributed by atoms with van der Waals surface area (Å²) in [5.74, 6) is 0.351. The SMILES string of the molecule is CCN(CC)S(=O)(=O)c1cc(C(=O)N[C@@H](C)C2CC2)ccc1C. The zero-order valence-electron chi connectivity index (χ0n) is 14.3.